The van der Waals surface area contributed by atoms with Crippen LogP contribution in [0.5, 0.6) is 0 Å². The summed E-state index contributed by atoms with van der Waals surface area (Å²) >= 11 is 0. The van der Waals surface area contributed by atoms with Crippen LogP contribution in [0, 0.1) is 19.3 Å². The van der Waals surface area contributed by atoms with Crippen LogP contribution in [-0.2, 0) is 11.8 Å². The van der Waals surface area contributed by atoms with E-state index in [4.69, 9.17) is 4.74 Å². The molecule has 0 atom stereocenters. The Bertz CT molecular complexity index is 863. The molecule has 28 heavy (non-hydrogen) atoms. The van der Waals surface area contributed by atoms with Crippen molar-refractivity contribution in [3.63, 3.8) is 0 Å². The smallest absolute Gasteiger partial charge is 0.252 e. The van der Waals surface area contributed by atoms with Crippen molar-refractivity contribution in [3.8, 4) is 0 Å². The predicted molar refractivity (Wildman–Crippen MR) is 108 cm³/mol. The van der Waals surface area contributed by atoms with Crippen molar-refractivity contribution < 1.29 is 9.53 Å². The van der Waals surface area contributed by atoms with E-state index in [1.807, 2.05) is 27.0 Å². The Morgan fingerprint density at radius 3 is 2.68 bits per heavy atom. The predicted octanol–water partition coefficient (Wildman–Crippen LogP) is 2.21. The summed E-state index contributed by atoms with van der Waals surface area (Å²) in [5.74, 6) is -0.0288. The lowest BCUT2D eigenvalue weighted by atomic mass is 9.79. The number of hydrogen-bond donors (Lipinski definition) is 1. The van der Waals surface area contributed by atoms with Crippen LogP contribution in [0.15, 0.2) is 6.07 Å². The average molecular weight is 386 g/mol. The van der Waals surface area contributed by atoms with Gasteiger partial charge in [-0.25, -0.2) is 4.98 Å². The molecule has 0 saturated carbocycles. The lowest BCUT2D eigenvalue weighted by molar-refractivity contribution is -0.000621. The Morgan fingerprint density at radius 2 is 1.96 bits per heavy atom. The van der Waals surface area contributed by atoms with Crippen LogP contribution < -0.4 is 5.32 Å². The summed E-state index contributed by atoms with van der Waals surface area (Å²) in [5, 5.41) is 8.56. The number of aromatic nitrogens is 3. The normalized spacial score (nSPS) is 20.0. The first-order chi connectivity index (χ1) is 13.5. The highest BCUT2D eigenvalue weighted by atomic mass is 16.5. The molecule has 0 bridgehead atoms. The third-order valence-electron chi connectivity index (χ3n) is 6.28. The topological polar surface area (TPSA) is 72.3 Å². The van der Waals surface area contributed by atoms with Gasteiger partial charge in [-0.15, -0.1) is 0 Å². The Hall–Kier alpha value is -1.99. The van der Waals surface area contributed by atoms with Gasteiger partial charge in [0, 0.05) is 44.5 Å². The summed E-state index contributed by atoms with van der Waals surface area (Å²) in [6.07, 6.45) is 4.57. The highest BCUT2D eigenvalue weighted by Crippen LogP contribution is 2.32. The van der Waals surface area contributed by atoms with Gasteiger partial charge >= 0.3 is 0 Å². The summed E-state index contributed by atoms with van der Waals surface area (Å²) in [6, 6.07) is 1.88. The zero-order valence-electron chi connectivity index (χ0n) is 17.3. The van der Waals surface area contributed by atoms with Crippen LogP contribution >= 0.6 is 0 Å². The molecule has 2 saturated heterocycles. The molecular weight excluding hydrogens is 354 g/mol. The minimum absolute atomic E-state index is 0.0288. The van der Waals surface area contributed by atoms with E-state index in [2.05, 4.69) is 20.3 Å². The summed E-state index contributed by atoms with van der Waals surface area (Å²) in [7, 11) is 1.87. The van der Waals surface area contributed by atoms with Crippen molar-refractivity contribution in [1.82, 2.24) is 25.0 Å². The number of nitrogens with zero attached hydrogens (tertiary/aromatic N) is 4. The number of pyridine rings is 1. The fraction of sp³-hybridized carbons (Fsp3) is 0.667. The number of ether oxygens (including phenoxy) is 1. The van der Waals surface area contributed by atoms with Crippen molar-refractivity contribution in [1.29, 1.82) is 0 Å². The van der Waals surface area contributed by atoms with Gasteiger partial charge in [0.15, 0.2) is 5.65 Å². The van der Waals surface area contributed by atoms with Gasteiger partial charge in [0.05, 0.1) is 16.6 Å². The maximum absolute atomic E-state index is 13.2. The van der Waals surface area contributed by atoms with Gasteiger partial charge in [0.2, 0.25) is 0 Å². The number of carbonyl (C=O) groups is 1. The van der Waals surface area contributed by atoms with Crippen molar-refractivity contribution in [2.45, 2.75) is 39.5 Å². The maximum Gasteiger partial charge on any atom is 0.252 e. The molecule has 1 amide bonds. The monoisotopic (exact) mass is 385 g/mol. The van der Waals surface area contributed by atoms with E-state index in [1.165, 1.54) is 25.9 Å². The third kappa shape index (κ3) is 3.78. The molecule has 0 spiro atoms. The van der Waals surface area contributed by atoms with E-state index in [0.717, 1.165) is 55.0 Å². The number of carbonyl (C=O) groups excluding carboxylic acids is 1. The van der Waals surface area contributed by atoms with Gasteiger partial charge in [-0.1, -0.05) is 0 Å². The lowest BCUT2D eigenvalue weighted by Gasteiger charge is -2.40. The first kappa shape index (κ1) is 19.3. The lowest BCUT2D eigenvalue weighted by Crippen LogP contribution is -2.48. The Kier molecular flexibility index (Phi) is 5.38. The number of hydrogen-bond acceptors (Lipinski definition) is 5. The summed E-state index contributed by atoms with van der Waals surface area (Å²) in [6.45, 7) is 9.51. The molecule has 4 heterocycles. The molecule has 2 aromatic heterocycles. The maximum atomic E-state index is 13.2. The summed E-state index contributed by atoms with van der Waals surface area (Å²) in [4.78, 5) is 20.3. The van der Waals surface area contributed by atoms with Crippen LogP contribution in [0.25, 0.3) is 11.0 Å². The van der Waals surface area contributed by atoms with Gasteiger partial charge in [-0.3, -0.25) is 9.48 Å². The molecule has 0 unspecified atom stereocenters. The van der Waals surface area contributed by atoms with Crippen LogP contribution in [0.4, 0.5) is 0 Å². The minimum atomic E-state index is -0.0288. The van der Waals surface area contributed by atoms with E-state index in [9.17, 15) is 4.79 Å². The van der Waals surface area contributed by atoms with Crippen LogP contribution in [0.2, 0.25) is 0 Å². The number of likely N-dealkylation sites (tertiary alicyclic amines) is 1. The molecule has 2 aliphatic rings. The van der Waals surface area contributed by atoms with Gasteiger partial charge in [-0.05, 0) is 58.7 Å². The van der Waals surface area contributed by atoms with Crippen LogP contribution in [-0.4, -0.2) is 65.0 Å². The number of nitrogens with one attached hydrogen (secondary N) is 1. The molecule has 2 fully saturated rings. The van der Waals surface area contributed by atoms with Gasteiger partial charge in [-0.2, -0.15) is 5.10 Å². The largest absolute Gasteiger partial charge is 0.381 e. The molecular formula is C21H31N5O2. The van der Waals surface area contributed by atoms with E-state index >= 15 is 0 Å². The Balaban J connectivity index is 1.54. The van der Waals surface area contributed by atoms with Gasteiger partial charge in [0.25, 0.3) is 5.91 Å². The molecule has 1 N–H and O–H groups in total. The summed E-state index contributed by atoms with van der Waals surface area (Å²) < 4.78 is 7.37. The van der Waals surface area contributed by atoms with E-state index < -0.39 is 0 Å². The van der Waals surface area contributed by atoms with E-state index in [1.54, 1.807) is 4.68 Å². The molecule has 0 radical (unpaired) electrons. The molecule has 0 aliphatic carbocycles. The number of fused-ring (bicyclic) bond motifs is 1. The second-order valence-corrected chi connectivity index (χ2v) is 8.50. The third-order valence-corrected chi connectivity index (χ3v) is 6.28. The van der Waals surface area contributed by atoms with Crippen molar-refractivity contribution in [2.24, 2.45) is 12.5 Å². The van der Waals surface area contributed by atoms with Crippen molar-refractivity contribution >= 4 is 16.9 Å². The molecule has 2 aliphatic heterocycles. The Labute approximate surface area is 166 Å². The van der Waals surface area contributed by atoms with Gasteiger partial charge < -0.3 is 15.0 Å². The zero-order valence-corrected chi connectivity index (χ0v) is 17.3. The first-order valence-corrected chi connectivity index (χ1v) is 10.4. The second kappa shape index (κ2) is 7.79. The molecule has 7 nitrogen and oxygen atoms in total. The van der Waals surface area contributed by atoms with Crippen molar-refractivity contribution in [3.05, 3.63) is 23.0 Å². The number of aryl methyl sites for hydroxylation is 3. The first-order valence-electron chi connectivity index (χ1n) is 10.4. The molecule has 152 valence electrons. The van der Waals surface area contributed by atoms with Crippen LogP contribution in [0.1, 0.15) is 47.4 Å². The minimum Gasteiger partial charge on any atom is -0.381 e. The second-order valence-electron chi connectivity index (χ2n) is 8.50. The highest BCUT2D eigenvalue weighted by molar-refractivity contribution is 6.06. The van der Waals surface area contributed by atoms with Crippen LogP contribution in [0.3, 0.4) is 0 Å². The van der Waals surface area contributed by atoms with E-state index in [-0.39, 0.29) is 11.3 Å². The molecule has 4 rings (SSSR count). The molecule has 0 aromatic carbocycles. The SMILES string of the molecule is Cc1cc(C(=O)NCC2(CN3CCCC3)CCOCC2)c2c(C)nn(C)c2n1. The van der Waals surface area contributed by atoms with Crippen molar-refractivity contribution in [2.75, 3.05) is 39.4 Å². The van der Waals surface area contributed by atoms with E-state index in [0.29, 0.717) is 12.1 Å². The molecule has 2 aromatic rings. The fourth-order valence-electron chi connectivity index (χ4n) is 4.72. The number of rotatable bonds is 5. The Morgan fingerprint density at radius 1 is 1.25 bits per heavy atom. The standard InChI is InChI=1S/C21H31N5O2/c1-15-12-17(18-16(2)24-25(3)19(18)23-15)20(27)22-13-21(6-10-28-11-7-21)14-26-8-4-5-9-26/h12H,4-11,13-14H2,1-3H3,(H,22,27). The average Bonchev–Trinajstić information content (AvgIpc) is 3.28. The number of amides is 1. The molecule has 7 heteroatoms. The highest BCUT2D eigenvalue weighted by Gasteiger charge is 2.35. The fourth-order valence-corrected chi connectivity index (χ4v) is 4.72. The summed E-state index contributed by atoms with van der Waals surface area (Å²) in [5.41, 5.74) is 3.21. The van der Waals surface area contributed by atoms with Gasteiger partial charge in [0.1, 0.15) is 0 Å². The zero-order chi connectivity index (χ0) is 19.7. The quantitative estimate of drug-likeness (QED) is 0.854.